The third kappa shape index (κ3) is 3.81. The maximum Gasteiger partial charge on any atom is 0.244 e. The first-order valence-corrected chi connectivity index (χ1v) is 7.34. The van der Waals surface area contributed by atoms with Gasteiger partial charge in [0.2, 0.25) is 5.91 Å². The van der Waals surface area contributed by atoms with Gasteiger partial charge in [-0.2, -0.15) is 0 Å². The average Bonchev–Trinajstić information content (AvgIpc) is 2.39. The van der Waals surface area contributed by atoms with E-state index >= 15 is 0 Å². The van der Waals surface area contributed by atoms with Gasteiger partial charge in [-0.3, -0.25) is 4.79 Å². The molecule has 0 bridgehead atoms. The topological polar surface area (TPSA) is 58.4 Å². The van der Waals surface area contributed by atoms with Crippen LogP contribution < -0.4 is 11.1 Å². The Hall–Kier alpha value is -1.39. The molecule has 0 aromatic heterocycles. The molecule has 1 aromatic carbocycles. The number of benzene rings is 1. The number of amides is 1. The number of rotatable bonds is 4. The van der Waals surface area contributed by atoms with E-state index in [4.69, 9.17) is 5.73 Å². The van der Waals surface area contributed by atoms with Crippen molar-refractivity contribution >= 4 is 11.6 Å². The van der Waals surface area contributed by atoms with Crippen LogP contribution in [0.4, 0.5) is 5.69 Å². The zero-order chi connectivity index (χ0) is 14.6. The van der Waals surface area contributed by atoms with Crippen molar-refractivity contribution in [3.63, 3.8) is 0 Å². The molecule has 1 fully saturated rings. The second kappa shape index (κ2) is 6.37. The third-order valence-corrected chi connectivity index (χ3v) is 3.88. The summed E-state index contributed by atoms with van der Waals surface area (Å²) in [5.74, 6) is -0.0424. The molecule has 110 valence electrons. The molecule has 1 aliphatic carbocycles. The number of carbonyl (C=O) groups is 1. The standard InChI is InChI=1S/C16H25N3O/c1-19(2)12-13-7-6-8-14(11-13)18-15(20)16(17)9-4-3-5-10-16/h6-8,11H,3-5,9-10,12,17H2,1-2H3,(H,18,20). The van der Waals surface area contributed by atoms with Crippen LogP contribution in [0.3, 0.4) is 0 Å². The molecule has 0 atom stereocenters. The highest BCUT2D eigenvalue weighted by Crippen LogP contribution is 2.27. The van der Waals surface area contributed by atoms with E-state index in [0.717, 1.165) is 37.9 Å². The van der Waals surface area contributed by atoms with Gasteiger partial charge < -0.3 is 16.0 Å². The predicted octanol–water partition coefficient (Wildman–Crippen LogP) is 2.35. The second-order valence-corrected chi connectivity index (χ2v) is 6.11. The van der Waals surface area contributed by atoms with E-state index in [-0.39, 0.29) is 5.91 Å². The molecule has 4 heteroatoms. The molecule has 1 saturated carbocycles. The number of hydrogen-bond donors (Lipinski definition) is 2. The van der Waals surface area contributed by atoms with E-state index in [1.807, 2.05) is 32.3 Å². The highest BCUT2D eigenvalue weighted by Gasteiger charge is 2.35. The van der Waals surface area contributed by atoms with Crippen molar-refractivity contribution in [2.45, 2.75) is 44.2 Å². The van der Waals surface area contributed by atoms with E-state index in [9.17, 15) is 4.79 Å². The van der Waals surface area contributed by atoms with E-state index < -0.39 is 5.54 Å². The Kier molecular flexibility index (Phi) is 4.78. The molecular weight excluding hydrogens is 250 g/mol. The molecule has 0 aliphatic heterocycles. The first-order valence-electron chi connectivity index (χ1n) is 7.34. The molecule has 2 rings (SSSR count). The Morgan fingerprint density at radius 2 is 2.00 bits per heavy atom. The van der Waals surface area contributed by atoms with Gasteiger partial charge in [0.15, 0.2) is 0 Å². The van der Waals surface area contributed by atoms with Crippen molar-refractivity contribution in [3.8, 4) is 0 Å². The molecule has 0 saturated heterocycles. The molecule has 1 aliphatic rings. The molecule has 20 heavy (non-hydrogen) atoms. The van der Waals surface area contributed by atoms with Crippen molar-refractivity contribution in [2.75, 3.05) is 19.4 Å². The van der Waals surface area contributed by atoms with E-state index in [1.165, 1.54) is 12.0 Å². The monoisotopic (exact) mass is 275 g/mol. The highest BCUT2D eigenvalue weighted by molar-refractivity contribution is 5.98. The normalized spacial score (nSPS) is 18.0. The van der Waals surface area contributed by atoms with Crippen LogP contribution in [0.1, 0.15) is 37.7 Å². The number of nitrogens with one attached hydrogen (secondary N) is 1. The van der Waals surface area contributed by atoms with Crippen LogP contribution in [0, 0.1) is 0 Å². The summed E-state index contributed by atoms with van der Waals surface area (Å²) in [4.78, 5) is 14.5. The Morgan fingerprint density at radius 1 is 1.30 bits per heavy atom. The molecule has 0 spiro atoms. The smallest absolute Gasteiger partial charge is 0.244 e. The summed E-state index contributed by atoms with van der Waals surface area (Å²) in [6, 6.07) is 7.97. The lowest BCUT2D eigenvalue weighted by Crippen LogP contribution is -2.52. The van der Waals surface area contributed by atoms with Crippen molar-refractivity contribution in [3.05, 3.63) is 29.8 Å². The van der Waals surface area contributed by atoms with E-state index in [0.29, 0.717) is 0 Å². The molecule has 0 unspecified atom stereocenters. The maximum atomic E-state index is 12.4. The number of nitrogens with zero attached hydrogens (tertiary/aromatic N) is 1. The number of carbonyl (C=O) groups excluding carboxylic acids is 1. The maximum absolute atomic E-state index is 12.4. The number of hydrogen-bond acceptors (Lipinski definition) is 3. The first kappa shape index (κ1) is 15.0. The Bertz CT molecular complexity index is 465. The van der Waals surface area contributed by atoms with Gasteiger partial charge in [-0.15, -0.1) is 0 Å². The lowest BCUT2D eigenvalue weighted by molar-refractivity contribution is -0.122. The summed E-state index contributed by atoms with van der Waals surface area (Å²) in [7, 11) is 4.06. The summed E-state index contributed by atoms with van der Waals surface area (Å²) in [6.07, 6.45) is 4.85. The molecule has 1 aromatic rings. The van der Waals surface area contributed by atoms with Gasteiger partial charge in [0.25, 0.3) is 0 Å². The largest absolute Gasteiger partial charge is 0.324 e. The number of nitrogens with two attached hydrogens (primary N) is 1. The van der Waals surface area contributed by atoms with Gasteiger partial charge in [0, 0.05) is 12.2 Å². The quantitative estimate of drug-likeness (QED) is 0.887. The minimum Gasteiger partial charge on any atom is -0.324 e. The Morgan fingerprint density at radius 3 is 2.65 bits per heavy atom. The number of anilines is 1. The summed E-state index contributed by atoms with van der Waals surface area (Å²) >= 11 is 0. The van der Waals surface area contributed by atoms with Crippen LogP contribution in [0.15, 0.2) is 24.3 Å². The fraction of sp³-hybridized carbons (Fsp3) is 0.562. The predicted molar refractivity (Wildman–Crippen MR) is 82.5 cm³/mol. The van der Waals surface area contributed by atoms with Crippen molar-refractivity contribution in [1.82, 2.24) is 4.90 Å². The first-order chi connectivity index (χ1) is 9.49. The zero-order valence-electron chi connectivity index (χ0n) is 12.5. The lowest BCUT2D eigenvalue weighted by atomic mass is 9.82. The second-order valence-electron chi connectivity index (χ2n) is 6.11. The van der Waals surface area contributed by atoms with Crippen LogP contribution in [0.2, 0.25) is 0 Å². The highest BCUT2D eigenvalue weighted by atomic mass is 16.2. The van der Waals surface area contributed by atoms with Crippen LogP contribution >= 0.6 is 0 Å². The zero-order valence-corrected chi connectivity index (χ0v) is 12.5. The fourth-order valence-corrected chi connectivity index (χ4v) is 2.78. The van der Waals surface area contributed by atoms with Crippen molar-refractivity contribution < 1.29 is 4.79 Å². The van der Waals surface area contributed by atoms with Crippen LogP contribution in [-0.4, -0.2) is 30.4 Å². The summed E-state index contributed by atoms with van der Waals surface area (Å²) in [6.45, 7) is 0.859. The van der Waals surface area contributed by atoms with Crippen molar-refractivity contribution in [2.24, 2.45) is 5.73 Å². The van der Waals surface area contributed by atoms with Gasteiger partial charge in [-0.25, -0.2) is 0 Å². The molecular formula is C16H25N3O. The summed E-state index contributed by atoms with van der Waals surface area (Å²) in [5.41, 5.74) is 7.58. The van der Waals surface area contributed by atoms with Crippen molar-refractivity contribution in [1.29, 1.82) is 0 Å². The fourth-order valence-electron chi connectivity index (χ4n) is 2.78. The minimum absolute atomic E-state index is 0.0424. The minimum atomic E-state index is -0.685. The average molecular weight is 275 g/mol. The van der Waals surface area contributed by atoms with E-state index in [2.05, 4.69) is 16.3 Å². The van der Waals surface area contributed by atoms with Gasteiger partial charge in [0.05, 0.1) is 5.54 Å². The lowest BCUT2D eigenvalue weighted by Gasteiger charge is -2.31. The van der Waals surface area contributed by atoms with Crippen LogP contribution in [0.25, 0.3) is 0 Å². The summed E-state index contributed by atoms with van der Waals surface area (Å²) < 4.78 is 0. The van der Waals surface area contributed by atoms with Gasteiger partial charge >= 0.3 is 0 Å². The Balaban J connectivity index is 2.03. The molecule has 3 N–H and O–H groups in total. The van der Waals surface area contributed by atoms with Gasteiger partial charge in [-0.05, 0) is 44.6 Å². The summed E-state index contributed by atoms with van der Waals surface area (Å²) in [5, 5.41) is 2.98. The Labute approximate surface area is 121 Å². The molecule has 0 radical (unpaired) electrons. The van der Waals surface area contributed by atoms with E-state index in [1.54, 1.807) is 0 Å². The third-order valence-electron chi connectivity index (χ3n) is 3.88. The van der Waals surface area contributed by atoms with Crippen LogP contribution in [-0.2, 0) is 11.3 Å². The molecule has 4 nitrogen and oxygen atoms in total. The van der Waals surface area contributed by atoms with Crippen LogP contribution in [0.5, 0.6) is 0 Å². The van der Waals surface area contributed by atoms with Gasteiger partial charge in [0.1, 0.15) is 0 Å². The molecule has 0 heterocycles. The van der Waals surface area contributed by atoms with Gasteiger partial charge in [-0.1, -0.05) is 31.4 Å². The molecule has 1 amide bonds. The SMILES string of the molecule is CN(C)Cc1cccc(NC(=O)C2(N)CCCCC2)c1.